The zero-order valence-electron chi connectivity index (χ0n) is 11.2. The van der Waals surface area contributed by atoms with Crippen LogP contribution in [0.2, 0.25) is 0 Å². The van der Waals surface area contributed by atoms with Crippen LogP contribution in [0.5, 0.6) is 0 Å². The summed E-state index contributed by atoms with van der Waals surface area (Å²) in [7, 11) is 0. The molecule has 0 aliphatic heterocycles. The highest BCUT2D eigenvalue weighted by Gasteiger charge is 2.08. The molecule has 2 rings (SSSR count). The van der Waals surface area contributed by atoms with Gasteiger partial charge < -0.3 is 16.0 Å². The van der Waals surface area contributed by atoms with Gasteiger partial charge in [0.25, 0.3) is 0 Å². The minimum absolute atomic E-state index is 0.169. The Morgan fingerprint density at radius 3 is 2.78 bits per heavy atom. The van der Waals surface area contributed by atoms with E-state index in [4.69, 9.17) is 5.73 Å². The Balaban J connectivity index is 1.92. The molecule has 1 atom stereocenters. The first-order valence-electron chi connectivity index (χ1n) is 6.68. The van der Waals surface area contributed by atoms with E-state index in [9.17, 15) is 0 Å². The third-order valence-electron chi connectivity index (χ3n) is 3.12. The van der Waals surface area contributed by atoms with E-state index in [1.807, 2.05) is 6.07 Å². The summed E-state index contributed by atoms with van der Waals surface area (Å²) >= 11 is 0. The number of fused-ring (bicyclic) bond motifs is 1. The molecule has 0 aliphatic carbocycles. The van der Waals surface area contributed by atoms with Crippen LogP contribution in [0, 0.1) is 5.92 Å². The van der Waals surface area contributed by atoms with Crippen LogP contribution in [0.1, 0.15) is 19.4 Å². The monoisotopic (exact) mass is 245 g/mol. The number of aromatic nitrogens is 1. The van der Waals surface area contributed by atoms with Gasteiger partial charge >= 0.3 is 0 Å². The van der Waals surface area contributed by atoms with Crippen LogP contribution >= 0.6 is 0 Å². The molecule has 0 saturated heterocycles. The van der Waals surface area contributed by atoms with Gasteiger partial charge in [-0.3, -0.25) is 0 Å². The average molecular weight is 245 g/mol. The predicted molar refractivity (Wildman–Crippen MR) is 77.7 cm³/mol. The SMILES string of the molecule is CC(C)CNC[C@H](N)Cc1c[nH]c2ccccc12. The van der Waals surface area contributed by atoms with Gasteiger partial charge in [0.15, 0.2) is 0 Å². The highest BCUT2D eigenvalue weighted by atomic mass is 14.9. The zero-order valence-corrected chi connectivity index (χ0v) is 11.2. The molecule has 3 nitrogen and oxygen atoms in total. The van der Waals surface area contributed by atoms with Crippen molar-refractivity contribution in [3.63, 3.8) is 0 Å². The molecule has 1 aromatic heterocycles. The lowest BCUT2D eigenvalue weighted by Gasteiger charge is -2.13. The molecule has 4 N–H and O–H groups in total. The Labute approximate surface area is 109 Å². The maximum absolute atomic E-state index is 6.17. The number of para-hydroxylation sites is 1. The third-order valence-corrected chi connectivity index (χ3v) is 3.12. The van der Waals surface area contributed by atoms with Gasteiger partial charge in [-0.05, 0) is 30.5 Å². The van der Waals surface area contributed by atoms with E-state index in [1.54, 1.807) is 0 Å². The van der Waals surface area contributed by atoms with E-state index in [0.717, 1.165) is 19.5 Å². The number of nitrogens with one attached hydrogen (secondary N) is 2. The summed E-state index contributed by atoms with van der Waals surface area (Å²) in [5, 5.41) is 4.70. The lowest BCUT2D eigenvalue weighted by atomic mass is 10.1. The van der Waals surface area contributed by atoms with Crippen molar-refractivity contribution in [1.82, 2.24) is 10.3 Å². The average Bonchev–Trinajstić information content (AvgIpc) is 2.72. The second-order valence-corrected chi connectivity index (χ2v) is 5.38. The van der Waals surface area contributed by atoms with Gasteiger partial charge in [0.05, 0.1) is 0 Å². The van der Waals surface area contributed by atoms with E-state index in [2.05, 4.69) is 48.5 Å². The molecule has 0 radical (unpaired) electrons. The summed E-state index contributed by atoms with van der Waals surface area (Å²) in [5.74, 6) is 0.672. The maximum atomic E-state index is 6.17. The van der Waals surface area contributed by atoms with Crippen molar-refractivity contribution in [3.05, 3.63) is 36.0 Å². The first-order valence-corrected chi connectivity index (χ1v) is 6.68. The van der Waals surface area contributed by atoms with Crippen molar-refractivity contribution in [2.75, 3.05) is 13.1 Å². The Kier molecular flexibility index (Phi) is 4.39. The van der Waals surface area contributed by atoms with Gasteiger partial charge in [-0.2, -0.15) is 0 Å². The molecular formula is C15H23N3. The van der Waals surface area contributed by atoms with Crippen molar-refractivity contribution in [2.45, 2.75) is 26.3 Å². The molecule has 0 fully saturated rings. The van der Waals surface area contributed by atoms with Gasteiger partial charge in [-0.15, -0.1) is 0 Å². The van der Waals surface area contributed by atoms with Crippen LogP contribution in [-0.2, 0) is 6.42 Å². The molecule has 0 bridgehead atoms. The lowest BCUT2D eigenvalue weighted by Crippen LogP contribution is -2.37. The minimum Gasteiger partial charge on any atom is -0.361 e. The Morgan fingerprint density at radius 1 is 1.22 bits per heavy atom. The van der Waals surface area contributed by atoms with E-state index in [0.29, 0.717) is 5.92 Å². The fourth-order valence-corrected chi connectivity index (χ4v) is 2.21. The van der Waals surface area contributed by atoms with Crippen molar-refractivity contribution >= 4 is 10.9 Å². The standard InChI is InChI=1S/C15H23N3/c1-11(2)8-17-10-13(16)7-12-9-18-15-6-4-3-5-14(12)15/h3-6,9,11,13,17-18H,7-8,10,16H2,1-2H3/t13-/m1/s1. The number of hydrogen-bond acceptors (Lipinski definition) is 2. The van der Waals surface area contributed by atoms with Crippen molar-refractivity contribution in [1.29, 1.82) is 0 Å². The van der Waals surface area contributed by atoms with E-state index >= 15 is 0 Å². The summed E-state index contributed by atoms with van der Waals surface area (Å²) in [5.41, 5.74) is 8.67. The summed E-state index contributed by atoms with van der Waals surface area (Å²) in [6, 6.07) is 8.54. The molecule has 1 aromatic carbocycles. The molecule has 0 unspecified atom stereocenters. The molecule has 2 aromatic rings. The normalized spacial score (nSPS) is 13.3. The predicted octanol–water partition coefficient (Wildman–Crippen LogP) is 2.28. The van der Waals surface area contributed by atoms with Crippen LogP contribution in [0.4, 0.5) is 0 Å². The lowest BCUT2D eigenvalue weighted by molar-refractivity contribution is 0.512. The first-order chi connectivity index (χ1) is 8.66. The molecule has 98 valence electrons. The Hall–Kier alpha value is -1.32. The minimum atomic E-state index is 0.169. The fourth-order valence-electron chi connectivity index (χ4n) is 2.21. The van der Waals surface area contributed by atoms with Crippen LogP contribution in [0.25, 0.3) is 10.9 Å². The molecule has 0 aliphatic rings. The number of H-pyrrole nitrogens is 1. The molecule has 1 heterocycles. The highest BCUT2D eigenvalue weighted by Crippen LogP contribution is 2.18. The van der Waals surface area contributed by atoms with Gasteiger partial charge in [-0.25, -0.2) is 0 Å². The smallest absolute Gasteiger partial charge is 0.0456 e. The number of benzene rings is 1. The number of hydrogen-bond donors (Lipinski definition) is 3. The van der Waals surface area contributed by atoms with Crippen LogP contribution in [0.15, 0.2) is 30.5 Å². The number of aromatic amines is 1. The second kappa shape index (κ2) is 6.03. The van der Waals surface area contributed by atoms with Crippen molar-refractivity contribution in [2.24, 2.45) is 11.7 Å². The maximum Gasteiger partial charge on any atom is 0.0456 e. The summed E-state index contributed by atoms with van der Waals surface area (Å²) in [4.78, 5) is 3.29. The van der Waals surface area contributed by atoms with Gasteiger partial charge in [0, 0.05) is 29.7 Å². The summed E-state index contributed by atoms with van der Waals surface area (Å²) < 4.78 is 0. The van der Waals surface area contributed by atoms with E-state index in [-0.39, 0.29) is 6.04 Å². The van der Waals surface area contributed by atoms with Gasteiger partial charge in [0.1, 0.15) is 0 Å². The highest BCUT2D eigenvalue weighted by molar-refractivity contribution is 5.83. The van der Waals surface area contributed by atoms with E-state index < -0.39 is 0 Å². The molecule has 0 saturated carbocycles. The quantitative estimate of drug-likeness (QED) is 0.731. The van der Waals surface area contributed by atoms with Crippen LogP contribution in [0.3, 0.4) is 0 Å². The number of nitrogens with two attached hydrogens (primary N) is 1. The Bertz CT molecular complexity index is 487. The molecule has 18 heavy (non-hydrogen) atoms. The third kappa shape index (κ3) is 3.34. The molecule has 3 heteroatoms. The first kappa shape index (κ1) is 13.1. The topological polar surface area (TPSA) is 53.8 Å². The van der Waals surface area contributed by atoms with Crippen LogP contribution in [-0.4, -0.2) is 24.1 Å². The summed E-state index contributed by atoms with van der Waals surface area (Å²) in [6.45, 7) is 6.32. The molecule has 0 amide bonds. The summed E-state index contributed by atoms with van der Waals surface area (Å²) in [6.07, 6.45) is 2.99. The second-order valence-electron chi connectivity index (χ2n) is 5.38. The van der Waals surface area contributed by atoms with Crippen molar-refractivity contribution in [3.8, 4) is 0 Å². The number of rotatable bonds is 6. The zero-order chi connectivity index (χ0) is 13.0. The van der Waals surface area contributed by atoms with E-state index in [1.165, 1.54) is 16.5 Å². The Morgan fingerprint density at radius 2 is 2.00 bits per heavy atom. The largest absolute Gasteiger partial charge is 0.361 e. The van der Waals surface area contributed by atoms with Gasteiger partial charge in [-0.1, -0.05) is 32.0 Å². The fraction of sp³-hybridized carbons (Fsp3) is 0.467. The van der Waals surface area contributed by atoms with Crippen molar-refractivity contribution < 1.29 is 0 Å². The van der Waals surface area contributed by atoms with Crippen LogP contribution < -0.4 is 11.1 Å². The molecular weight excluding hydrogens is 222 g/mol. The molecule has 0 spiro atoms. The van der Waals surface area contributed by atoms with Gasteiger partial charge in [0.2, 0.25) is 0 Å².